The van der Waals surface area contributed by atoms with Gasteiger partial charge in [0.25, 0.3) is 0 Å². The maximum atomic E-state index is 10.6. The molecule has 2 amide bonds. The van der Waals surface area contributed by atoms with Gasteiger partial charge in [0, 0.05) is 6.54 Å². The molecule has 6 heteroatoms. The predicted octanol–water partition coefficient (Wildman–Crippen LogP) is 3.02. The number of benzene rings is 2. The van der Waals surface area contributed by atoms with Crippen LogP contribution in [0.25, 0.3) is 0 Å². The number of carbonyl (C=O) groups is 1. The summed E-state index contributed by atoms with van der Waals surface area (Å²) in [5.74, 6) is 1.58. The summed E-state index contributed by atoms with van der Waals surface area (Å²) in [6.07, 6.45) is 5.21. The van der Waals surface area contributed by atoms with E-state index < -0.39 is 6.03 Å². The zero-order valence-electron chi connectivity index (χ0n) is 16.1. The molecule has 0 aliphatic carbocycles. The van der Waals surface area contributed by atoms with Crippen molar-refractivity contribution in [2.45, 2.75) is 19.3 Å². The van der Waals surface area contributed by atoms with E-state index in [9.17, 15) is 4.79 Å². The van der Waals surface area contributed by atoms with Crippen molar-refractivity contribution in [3.63, 3.8) is 0 Å². The third kappa shape index (κ3) is 6.70. The SMILES string of the molecule is NC(=O)N/N=C/c1cccc(OCCN2CCC(Cc3ccccc3)CC2)c1. The summed E-state index contributed by atoms with van der Waals surface area (Å²) in [5.41, 5.74) is 9.44. The molecule has 0 unspecified atom stereocenters. The lowest BCUT2D eigenvalue weighted by Crippen LogP contribution is -2.37. The second-order valence-corrected chi connectivity index (χ2v) is 7.13. The summed E-state index contributed by atoms with van der Waals surface area (Å²) in [7, 11) is 0. The van der Waals surface area contributed by atoms with Crippen LogP contribution in [0.1, 0.15) is 24.0 Å². The second kappa shape index (κ2) is 10.5. The number of nitrogens with one attached hydrogen (secondary N) is 1. The maximum absolute atomic E-state index is 10.6. The van der Waals surface area contributed by atoms with Crippen LogP contribution in [0.3, 0.4) is 0 Å². The number of urea groups is 1. The molecule has 148 valence electrons. The first-order chi connectivity index (χ1) is 13.7. The van der Waals surface area contributed by atoms with Crippen molar-refractivity contribution < 1.29 is 9.53 Å². The number of amides is 2. The van der Waals surface area contributed by atoms with E-state index in [1.165, 1.54) is 31.0 Å². The van der Waals surface area contributed by atoms with Gasteiger partial charge in [-0.1, -0.05) is 42.5 Å². The molecule has 1 aliphatic rings. The van der Waals surface area contributed by atoms with Crippen molar-refractivity contribution in [2.24, 2.45) is 16.8 Å². The number of piperidine rings is 1. The lowest BCUT2D eigenvalue weighted by Gasteiger charge is -2.31. The summed E-state index contributed by atoms with van der Waals surface area (Å²) >= 11 is 0. The molecule has 0 saturated carbocycles. The average Bonchev–Trinajstić information content (AvgIpc) is 2.70. The Kier molecular flexibility index (Phi) is 7.44. The largest absolute Gasteiger partial charge is 0.492 e. The van der Waals surface area contributed by atoms with Gasteiger partial charge in [-0.05, 0) is 61.5 Å². The fourth-order valence-electron chi connectivity index (χ4n) is 3.51. The molecule has 1 aliphatic heterocycles. The Morgan fingerprint density at radius 3 is 2.71 bits per heavy atom. The van der Waals surface area contributed by atoms with Gasteiger partial charge < -0.3 is 10.5 Å². The van der Waals surface area contributed by atoms with Crippen LogP contribution in [0.4, 0.5) is 4.79 Å². The summed E-state index contributed by atoms with van der Waals surface area (Å²) in [4.78, 5) is 13.1. The molecular weight excluding hydrogens is 352 g/mol. The van der Waals surface area contributed by atoms with Gasteiger partial charge in [-0.25, -0.2) is 10.2 Å². The molecule has 0 atom stereocenters. The van der Waals surface area contributed by atoms with E-state index in [-0.39, 0.29) is 0 Å². The van der Waals surface area contributed by atoms with Gasteiger partial charge in [-0.15, -0.1) is 0 Å². The average molecular weight is 380 g/mol. The first kappa shape index (κ1) is 19.9. The van der Waals surface area contributed by atoms with Gasteiger partial charge in [0.05, 0.1) is 6.21 Å². The van der Waals surface area contributed by atoms with Crippen molar-refractivity contribution in [2.75, 3.05) is 26.2 Å². The molecule has 1 heterocycles. The van der Waals surface area contributed by atoms with Crippen molar-refractivity contribution in [1.29, 1.82) is 0 Å². The van der Waals surface area contributed by atoms with Crippen LogP contribution in [-0.4, -0.2) is 43.4 Å². The number of hydrogen-bond donors (Lipinski definition) is 2. The van der Waals surface area contributed by atoms with Gasteiger partial charge in [-0.2, -0.15) is 5.10 Å². The first-order valence-corrected chi connectivity index (χ1v) is 9.77. The summed E-state index contributed by atoms with van der Waals surface area (Å²) in [6, 6.07) is 17.7. The Labute approximate surface area is 166 Å². The summed E-state index contributed by atoms with van der Waals surface area (Å²) < 4.78 is 5.88. The maximum Gasteiger partial charge on any atom is 0.332 e. The summed E-state index contributed by atoms with van der Waals surface area (Å²) in [6.45, 7) is 3.85. The van der Waals surface area contributed by atoms with E-state index in [4.69, 9.17) is 10.5 Å². The Balaban J connectivity index is 1.37. The molecule has 1 saturated heterocycles. The third-order valence-electron chi connectivity index (χ3n) is 5.00. The van der Waals surface area contributed by atoms with E-state index >= 15 is 0 Å². The number of nitrogens with zero attached hydrogens (tertiary/aromatic N) is 2. The van der Waals surface area contributed by atoms with Crippen LogP contribution in [0, 0.1) is 5.92 Å². The molecule has 0 radical (unpaired) electrons. The van der Waals surface area contributed by atoms with Gasteiger partial charge in [0.15, 0.2) is 0 Å². The number of ether oxygens (including phenoxy) is 1. The van der Waals surface area contributed by atoms with Crippen LogP contribution in [-0.2, 0) is 6.42 Å². The number of likely N-dealkylation sites (tertiary alicyclic amines) is 1. The zero-order valence-corrected chi connectivity index (χ0v) is 16.1. The molecule has 0 bridgehead atoms. The molecule has 28 heavy (non-hydrogen) atoms. The number of nitrogens with two attached hydrogens (primary N) is 1. The summed E-state index contributed by atoms with van der Waals surface area (Å²) in [5, 5.41) is 3.76. The van der Waals surface area contributed by atoms with Gasteiger partial charge >= 0.3 is 6.03 Å². The van der Waals surface area contributed by atoms with E-state index in [1.54, 1.807) is 0 Å². The highest BCUT2D eigenvalue weighted by molar-refractivity contribution is 5.81. The molecule has 6 nitrogen and oxygen atoms in total. The third-order valence-corrected chi connectivity index (χ3v) is 5.00. The Morgan fingerprint density at radius 1 is 1.18 bits per heavy atom. The molecular formula is C22H28N4O2. The highest BCUT2D eigenvalue weighted by Crippen LogP contribution is 2.21. The molecule has 1 fully saturated rings. The lowest BCUT2D eigenvalue weighted by molar-refractivity contribution is 0.155. The molecule has 2 aromatic carbocycles. The van der Waals surface area contributed by atoms with Crippen molar-refractivity contribution in [3.8, 4) is 5.75 Å². The minimum atomic E-state index is -0.684. The second-order valence-electron chi connectivity index (χ2n) is 7.13. The van der Waals surface area contributed by atoms with Crippen molar-refractivity contribution in [3.05, 3.63) is 65.7 Å². The first-order valence-electron chi connectivity index (χ1n) is 9.77. The topological polar surface area (TPSA) is 80.0 Å². The Bertz CT molecular complexity index is 771. The van der Waals surface area contributed by atoms with Crippen LogP contribution in [0.2, 0.25) is 0 Å². The Hall–Kier alpha value is -2.86. The standard InChI is InChI=1S/C22H28N4O2/c23-22(27)25-24-17-20-7-4-8-21(16-20)28-14-13-26-11-9-19(10-12-26)15-18-5-2-1-3-6-18/h1-8,16-17,19H,9-15H2,(H3,23,25,27)/b24-17+. The van der Waals surface area contributed by atoms with E-state index in [1.807, 2.05) is 24.3 Å². The minimum Gasteiger partial charge on any atom is -0.492 e. The molecule has 0 aromatic heterocycles. The van der Waals surface area contributed by atoms with Crippen molar-refractivity contribution in [1.82, 2.24) is 10.3 Å². The smallest absolute Gasteiger partial charge is 0.332 e. The number of rotatable bonds is 8. The van der Waals surface area contributed by atoms with Crippen molar-refractivity contribution >= 4 is 12.2 Å². The lowest BCUT2D eigenvalue weighted by atomic mass is 9.90. The van der Waals surface area contributed by atoms with Crippen LogP contribution in [0.5, 0.6) is 5.75 Å². The van der Waals surface area contributed by atoms with Crippen LogP contribution in [0.15, 0.2) is 59.7 Å². The van der Waals surface area contributed by atoms with E-state index in [2.05, 4.69) is 45.8 Å². The van der Waals surface area contributed by atoms with E-state index in [0.717, 1.165) is 36.9 Å². The molecule has 2 aromatic rings. The number of primary amides is 1. The Morgan fingerprint density at radius 2 is 1.96 bits per heavy atom. The minimum absolute atomic E-state index is 0.656. The molecule has 0 spiro atoms. The number of hydrogen-bond acceptors (Lipinski definition) is 4. The number of hydrazone groups is 1. The highest BCUT2D eigenvalue weighted by atomic mass is 16.5. The highest BCUT2D eigenvalue weighted by Gasteiger charge is 2.19. The fourth-order valence-corrected chi connectivity index (χ4v) is 3.51. The normalized spacial score (nSPS) is 15.6. The molecule has 3 rings (SSSR count). The molecule has 3 N–H and O–H groups in total. The van der Waals surface area contributed by atoms with Gasteiger partial charge in [-0.3, -0.25) is 4.90 Å². The fraction of sp³-hybridized carbons (Fsp3) is 0.364. The quantitative estimate of drug-likeness (QED) is 0.546. The van der Waals surface area contributed by atoms with E-state index in [0.29, 0.717) is 6.61 Å². The van der Waals surface area contributed by atoms with Gasteiger partial charge in [0.2, 0.25) is 0 Å². The monoisotopic (exact) mass is 380 g/mol. The zero-order chi connectivity index (χ0) is 19.6. The van der Waals surface area contributed by atoms with Crippen LogP contribution >= 0.6 is 0 Å². The number of carbonyl (C=O) groups excluding carboxylic acids is 1. The van der Waals surface area contributed by atoms with Gasteiger partial charge in [0.1, 0.15) is 12.4 Å². The predicted molar refractivity (Wildman–Crippen MR) is 112 cm³/mol. The van der Waals surface area contributed by atoms with Crippen LogP contribution < -0.4 is 15.9 Å².